The van der Waals surface area contributed by atoms with E-state index >= 15 is 0 Å². The lowest BCUT2D eigenvalue weighted by Gasteiger charge is -2.33. The molecule has 0 saturated carbocycles. The Morgan fingerprint density at radius 2 is 2.07 bits per heavy atom. The van der Waals surface area contributed by atoms with Crippen molar-refractivity contribution in [1.82, 2.24) is 15.2 Å². The van der Waals surface area contributed by atoms with Gasteiger partial charge in [0.2, 0.25) is 0 Å². The van der Waals surface area contributed by atoms with Gasteiger partial charge in [0.15, 0.2) is 0 Å². The smallest absolute Gasteiger partial charge is 0.409 e. The normalized spacial score (nSPS) is 18.3. The number of nitrogens with two attached hydrogens (primary N) is 1. The molecule has 0 atom stereocenters. The molecule has 0 aliphatic carbocycles. The third-order valence-electron chi connectivity index (χ3n) is 2.21. The van der Waals surface area contributed by atoms with Gasteiger partial charge in [0.25, 0.3) is 0 Å². The van der Waals surface area contributed by atoms with E-state index < -0.39 is 0 Å². The van der Waals surface area contributed by atoms with Gasteiger partial charge < -0.3 is 9.64 Å². The highest BCUT2D eigenvalue weighted by Gasteiger charge is 2.20. The molecule has 0 radical (unpaired) electrons. The maximum Gasteiger partial charge on any atom is 0.409 e. The maximum absolute atomic E-state index is 11.3. The minimum atomic E-state index is -0.215. The van der Waals surface area contributed by atoms with Crippen LogP contribution >= 0.6 is 0 Å². The molecule has 0 aromatic heterocycles. The van der Waals surface area contributed by atoms with E-state index in [0.717, 1.165) is 13.1 Å². The number of amides is 1. The summed E-state index contributed by atoms with van der Waals surface area (Å²) >= 11 is 0. The lowest BCUT2D eigenvalue weighted by molar-refractivity contribution is 0.0776. The highest BCUT2D eigenvalue weighted by Crippen LogP contribution is 2.02. The van der Waals surface area contributed by atoms with E-state index in [4.69, 9.17) is 10.6 Å². The van der Waals surface area contributed by atoms with Gasteiger partial charge in [-0.1, -0.05) is 0 Å². The van der Waals surface area contributed by atoms with Crippen LogP contribution in [0.3, 0.4) is 0 Å². The summed E-state index contributed by atoms with van der Waals surface area (Å²) in [6, 6.07) is 0. The Hall–Kier alpha value is -0.850. The van der Waals surface area contributed by atoms with Crippen molar-refractivity contribution < 1.29 is 9.53 Å². The molecule has 1 heterocycles. The van der Waals surface area contributed by atoms with E-state index in [-0.39, 0.29) is 6.09 Å². The molecule has 6 nitrogen and oxygen atoms in total. The summed E-state index contributed by atoms with van der Waals surface area (Å²) in [7, 11) is 0. The van der Waals surface area contributed by atoms with E-state index in [1.165, 1.54) is 0 Å². The molecule has 0 unspecified atom stereocenters. The minimum absolute atomic E-state index is 0.215. The molecular formula is C8H18N4O2. The van der Waals surface area contributed by atoms with Crippen molar-refractivity contribution in [2.24, 2.45) is 5.84 Å². The lowest BCUT2D eigenvalue weighted by atomic mass is 10.3. The fourth-order valence-corrected chi connectivity index (χ4v) is 1.43. The van der Waals surface area contributed by atoms with E-state index in [9.17, 15) is 4.79 Å². The van der Waals surface area contributed by atoms with Gasteiger partial charge in [0, 0.05) is 26.2 Å². The SMILES string of the molecule is CCOC(=O)N1CCN(CNN)CC1. The lowest BCUT2D eigenvalue weighted by Crippen LogP contribution is -2.51. The number of carbonyl (C=O) groups is 1. The number of piperazine rings is 1. The maximum atomic E-state index is 11.3. The molecule has 1 saturated heterocycles. The number of nitrogens with zero attached hydrogens (tertiary/aromatic N) is 2. The second-order valence-corrected chi connectivity index (χ2v) is 3.17. The van der Waals surface area contributed by atoms with Crippen LogP contribution in [0.2, 0.25) is 0 Å². The molecule has 0 aromatic carbocycles. The molecule has 1 rings (SSSR count). The Morgan fingerprint density at radius 3 is 2.57 bits per heavy atom. The molecule has 82 valence electrons. The van der Waals surface area contributed by atoms with E-state index in [1.54, 1.807) is 4.90 Å². The molecule has 6 heteroatoms. The van der Waals surface area contributed by atoms with Gasteiger partial charge in [0.05, 0.1) is 13.3 Å². The second-order valence-electron chi connectivity index (χ2n) is 3.17. The Labute approximate surface area is 83.9 Å². The molecular weight excluding hydrogens is 184 g/mol. The number of rotatable bonds is 3. The van der Waals surface area contributed by atoms with Crippen LogP contribution in [-0.2, 0) is 4.74 Å². The van der Waals surface area contributed by atoms with E-state index in [1.807, 2.05) is 6.92 Å². The van der Waals surface area contributed by atoms with Crippen LogP contribution in [0.4, 0.5) is 4.79 Å². The van der Waals surface area contributed by atoms with Crippen molar-refractivity contribution >= 4 is 6.09 Å². The van der Waals surface area contributed by atoms with Crippen LogP contribution in [0.15, 0.2) is 0 Å². The van der Waals surface area contributed by atoms with Gasteiger partial charge >= 0.3 is 6.09 Å². The predicted octanol–water partition coefficient (Wildman–Crippen LogP) is -0.819. The summed E-state index contributed by atoms with van der Waals surface area (Å²) in [5.74, 6) is 5.20. The van der Waals surface area contributed by atoms with Crippen molar-refractivity contribution in [3.8, 4) is 0 Å². The molecule has 3 N–H and O–H groups in total. The molecule has 1 aliphatic heterocycles. The van der Waals surface area contributed by atoms with Gasteiger partial charge in [-0.3, -0.25) is 10.7 Å². The molecule has 14 heavy (non-hydrogen) atoms. The standard InChI is InChI=1S/C8H18N4O2/c1-2-14-8(13)12-5-3-11(4-6-12)7-10-9/h10H,2-7,9H2,1H3. The zero-order valence-corrected chi connectivity index (χ0v) is 8.53. The Bertz CT molecular complexity index is 180. The van der Waals surface area contributed by atoms with Crippen molar-refractivity contribution in [2.75, 3.05) is 39.5 Å². The summed E-state index contributed by atoms with van der Waals surface area (Å²) in [6.07, 6.45) is -0.215. The average molecular weight is 202 g/mol. The first-order chi connectivity index (χ1) is 6.77. The van der Waals surface area contributed by atoms with E-state index in [2.05, 4.69) is 10.3 Å². The van der Waals surface area contributed by atoms with E-state index in [0.29, 0.717) is 26.4 Å². The number of nitrogens with one attached hydrogen (secondary N) is 1. The number of hydrogen-bond donors (Lipinski definition) is 2. The summed E-state index contributed by atoms with van der Waals surface area (Å²) in [5.41, 5.74) is 2.60. The molecule has 1 fully saturated rings. The molecule has 1 amide bonds. The number of hydrogen-bond acceptors (Lipinski definition) is 5. The van der Waals surface area contributed by atoms with Crippen LogP contribution in [0.25, 0.3) is 0 Å². The van der Waals surface area contributed by atoms with Gasteiger partial charge in [-0.25, -0.2) is 10.2 Å². The highest BCUT2D eigenvalue weighted by atomic mass is 16.6. The topological polar surface area (TPSA) is 70.8 Å². The number of hydrazine groups is 1. The van der Waals surface area contributed by atoms with Crippen LogP contribution in [0.1, 0.15) is 6.92 Å². The largest absolute Gasteiger partial charge is 0.450 e. The Kier molecular flexibility index (Phi) is 4.64. The van der Waals surface area contributed by atoms with Crippen LogP contribution in [0.5, 0.6) is 0 Å². The first kappa shape index (κ1) is 11.2. The Balaban J connectivity index is 2.24. The first-order valence-corrected chi connectivity index (χ1v) is 4.85. The summed E-state index contributed by atoms with van der Waals surface area (Å²) in [6.45, 7) is 6.00. The third-order valence-corrected chi connectivity index (χ3v) is 2.21. The third kappa shape index (κ3) is 3.13. The predicted molar refractivity (Wildman–Crippen MR) is 52.4 cm³/mol. The fraction of sp³-hybridized carbons (Fsp3) is 0.875. The zero-order chi connectivity index (χ0) is 10.4. The molecule has 0 bridgehead atoms. The highest BCUT2D eigenvalue weighted by molar-refractivity contribution is 5.67. The summed E-state index contributed by atoms with van der Waals surface area (Å²) in [5, 5.41) is 0. The number of ether oxygens (including phenoxy) is 1. The zero-order valence-electron chi connectivity index (χ0n) is 8.53. The minimum Gasteiger partial charge on any atom is -0.450 e. The van der Waals surface area contributed by atoms with Gasteiger partial charge in [-0.2, -0.15) is 0 Å². The second kappa shape index (κ2) is 5.79. The van der Waals surface area contributed by atoms with Gasteiger partial charge in [0.1, 0.15) is 0 Å². The van der Waals surface area contributed by atoms with Crippen molar-refractivity contribution in [3.05, 3.63) is 0 Å². The average Bonchev–Trinajstić information content (AvgIpc) is 2.20. The first-order valence-electron chi connectivity index (χ1n) is 4.85. The van der Waals surface area contributed by atoms with Gasteiger partial charge in [-0.05, 0) is 6.92 Å². The molecule has 0 spiro atoms. The van der Waals surface area contributed by atoms with Crippen LogP contribution in [-0.4, -0.2) is 55.3 Å². The fourth-order valence-electron chi connectivity index (χ4n) is 1.43. The monoisotopic (exact) mass is 202 g/mol. The van der Waals surface area contributed by atoms with Crippen molar-refractivity contribution in [1.29, 1.82) is 0 Å². The van der Waals surface area contributed by atoms with Crippen LogP contribution < -0.4 is 11.3 Å². The van der Waals surface area contributed by atoms with Crippen LogP contribution in [0, 0.1) is 0 Å². The summed E-state index contributed by atoms with van der Waals surface area (Å²) < 4.78 is 4.90. The van der Waals surface area contributed by atoms with Crippen molar-refractivity contribution in [2.45, 2.75) is 6.92 Å². The quantitative estimate of drug-likeness (QED) is 0.462. The summed E-state index contributed by atoms with van der Waals surface area (Å²) in [4.78, 5) is 15.2. The van der Waals surface area contributed by atoms with Gasteiger partial charge in [-0.15, -0.1) is 0 Å². The molecule has 1 aliphatic rings. The number of carbonyl (C=O) groups excluding carboxylic acids is 1. The Morgan fingerprint density at radius 1 is 1.43 bits per heavy atom. The molecule has 0 aromatic rings. The van der Waals surface area contributed by atoms with Crippen molar-refractivity contribution in [3.63, 3.8) is 0 Å².